The molecule has 0 saturated carbocycles. The standard InChI is InChI=1S/C20H21N3O4/c1-4-25-16-7-5-15(6-8-16)19-22-20(23-27-19)21-18(24)12-26-17-10-13(2)9-14(3)11-17/h5-11H,4,12H2,1-3H3,(H,21,23,24). The number of nitrogens with one attached hydrogen (secondary N) is 1. The van der Waals surface area contributed by atoms with Gasteiger partial charge in [0.25, 0.3) is 17.7 Å². The van der Waals surface area contributed by atoms with Crippen molar-refractivity contribution in [1.82, 2.24) is 10.1 Å². The number of nitrogens with zero attached hydrogens (tertiary/aromatic N) is 2. The molecule has 0 aliphatic rings. The van der Waals surface area contributed by atoms with Gasteiger partial charge in [-0.3, -0.25) is 10.1 Å². The third-order valence-electron chi connectivity index (χ3n) is 3.65. The lowest BCUT2D eigenvalue weighted by Crippen LogP contribution is -2.20. The molecule has 27 heavy (non-hydrogen) atoms. The van der Waals surface area contributed by atoms with Gasteiger partial charge in [0.1, 0.15) is 11.5 Å². The van der Waals surface area contributed by atoms with E-state index >= 15 is 0 Å². The molecule has 1 heterocycles. The van der Waals surface area contributed by atoms with E-state index in [1.54, 1.807) is 0 Å². The Kier molecular flexibility index (Phi) is 5.71. The molecule has 0 atom stereocenters. The molecular formula is C20H21N3O4. The number of aryl methyl sites for hydroxylation is 2. The van der Waals surface area contributed by atoms with Crippen molar-refractivity contribution in [3.63, 3.8) is 0 Å². The van der Waals surface area contributed by atoms with Crippen LogP contribution in [0.2, 0.25) is 0 Å². The van der Waals surface area contributed by atoms with Gasteiger partial charge in [-0.25, -0.2) is 0 Å². The molecule has 0 unspecified atom stereocenters. The highest BCUT2D eigenvalue weighted by Gasteiger charge is 2.12. The fourth-order valence-corrected chi connectivity index (χ4v) is 2.58. The van der Waals surface area contributed by atoms with E-state index in [1.165, 1.54) is 0 Å². The molecular weight excluding hydrogens is 346 g/mol. The number of hydrogen-bond acceptors (Lipinski definition) is 6. The quantitative estimate of drug-likeness (QED) is 0.684. The van der Waals surface area contributed by atoms with Crippen LogP contribution >= 0.6 is 0 Å². The Morgan fingerprint density at radius 3 is 2.41 bits per heavy atom. The first kappa shape index (κ1) is 18.4. The number of rotatable bonds is 7. The number of anilines is 1. The predicted octanol–water partition coefficient (Wildman–Crippen LogP) is 3.77. The van der Waals surface area contributed by atoms with Crippen LogP contribution in [0.15, 0.2) is 47.0 Å². The maximum Gasteiger partial charge on any atom is 0.270 e. The lowest BCUT2D eigenvalue weighted by atomic mass is 10.1. The molecule has 0 aliphatic heterocycles. The summed E-state index contributed by atoms with van der Waals surface area (Å²) in [6.45, 7) is 6.32. The van der Waals surface area contributed by atoms with Crippen LogP contribution in [0.4, 0.5) is 5.95 Å². The second-order valence-electron chi connectivity index (χ2n) is 6.04. The number of carbonyl (C=O) groups excluding carboxylic acids is 1. The maximum atomic E-state index is 12.0. The van der Waals surface area contributed by atoms with Crippen molar-refractivity contribution < 1.29 is 18.8 Å². The van der Waals surface area contributed by atoms with Crippen molar-refractivity contribution in [1.29, 1.82) is 0 Å². The molecule has 7 heteroatoms. The Morgan fingerprint density at radius 1 is 1.04 bits per heavy atom. The highest BCUT2D eigenvalue weighted by Crippen LogP contribution is 2.22. The summed E-state index contributed by atoms with van der Waals surface area (Å²) < 4.78 is 16.1. The summed E-state index contributed by atoms with van der Waals surface area (Å²) in [5.41, 5.74) is 2.88. The maximum absolute atomic E-state index is 12.0. The van der Waals surface area contributed by atoms with Crippen LogP contribution in [-0.2, 0) is 4.79 Å². The minimum absolute atomic E-state index is 0.0907. The number of carbonyl (C=O) groups is 1. The van der Waals surface area contributed by atoms with Crippen molar-refractivity contribution in [2.24, 2.45) is 0 Å². The predicted molar refractivity (Wildman–Crippen MR) is 101 cm³/mol. The van der Waals surface area contributed by atoms with Crippen LogP contribution in [0.3, 0.4) is 0 Å². The van der Waals surface area contributed by atoms with Gasteiger partial charge in [-0.1, -0.05) is 6.07 Å². The molecule has 1 N–H and O–H groups in total. The molecule has 0 saturated heterocycles. The first-order valence-corrected chi connectivity index (χ1v) is 8.61. The molecule has 7 nitrogen and oxygen atoms in total. The number of benzene rings is 2. The summed E-state index contributed by atoms with van der Waals surface area (Å²) in [7, 11) is 0. The van der Waals surface area contributed by atoms with E-state index in [1.807, 2.05) is 63.2 Å². The van der Waals surface area contributed by atoms with Gasteiger partial charge in [-0.05, 0) is 73.5 Å². The third kappa shape index (κ3) is 5.07. The topological polar surface area (TPSA) is 86.5 Å². The molecule has 0 spiro atoms. The summed E-state index contributed by atoms with van der Waals surface area (Å²) in [6, 6.07) is 13.0. The molecule has 2 aromatic carbocycles. The fourth-order valence-electron chi connectivity index (χ4n) is 2.58. The normalized spacial score (nSPS) is 10.5. The summed E-state index contributed by atoms with van der Waals surface area (Å²) >= 11 is 0. The molecule has 1 aromatic heterocycles. The second-order valence-corrected chi connectivity index (χ2v) is 6.04. The van der Waals surface area contributed by atoms with Gasteiger partial charge in [-0.15, -0.1) is 0 Å². The summed E-state index contributed by atoms with van der Waals surface area (Å²) in [4.78, 5) is 16.2. The van der Waals surface area contributed by atoms with E-state index < -0.39 is 0 Å². The van der Waals surface area contributed by atoms with E-state index in [0.29, 0.717) is 18.2 Å². The molecule has 0 aliphatic carbocycles. The first-order chi connectivity index (χ1) is 13.0. The Morgan fingerprint density at radius 2 is 1.74 bits per heavy atom. The average Bonchev–Trinajstić information content (AvgIpc) is 3.08. The van der Waals surface area contributed by atoms with E-state index in [4.69, 9.17) is 14.0 Å². The highest BCUT2D eigenvalue weighted by atomic mass is 16.5. The highest BCUT2D eigenvalue weighted by molar-refractivity contribution is 5.90. The fraction of sp³-hybridized carbons (Fsp3) is 0.250. The minimum atomic E-state index is -0.367. The molecule has 3 aromatic rings. The molecule has 1 amide bonds. The summed E-state index contributed by atoms with van der Waals surface area (Å²) in [5.74, 6) is 1.44. The van der Waals surface area contributed by atoms with Crippen molar-refractivity contribution in [2.75, 3.05) is 18.5 Å². The zero-order chi connectivity index (χ0) is 19.2. The molecule has 0 radical (unpaired) electrons. The van der Waals surface area contributed by atoms with Crippen LogP contribution in [0.5, 0.6) is 11.5 Å². The average molecular weight is 367 g/mol. The Hall–Kier alpha value is -3.35. The van der Waals surface area contributed by atoms with Crippen LogP contribution in [0.25, 0.3) is 11.5 Å². The number of hydrogen-bond donors (Lipinski definition) is 1. The Balaban J connectivity index is 1.57. The van der Waals surface area contributed by atoms with Crippen molar-refractivity contribution in [2.45, 2.75) is 20.8 Å². The zero-order valence-electron chi connectivity index (χ0n) is 15.5. The van der Waals surface area contributed by atoms with Gasteiger partial charge >= 0.3 is 0 Å². The van der Waals surface area contributed by atoms with E-state index in [2.05, 4.69) is 15.5 Å². The molecule has 0 fully saturated rings. The van der Waals surface area contributed by atoms with Crippen molar-refractivity contribution in [3.05, 3.63) is 53.6 Å². The summed E-state index contributed by atoms with van der Waals surface area (Å²) in [6.07, 6.45) is 0. The zero-order valence-corrected chi connectivity index (χ0v) is 15.5. The molecule has 3 rings (SSSR count). The van der Waals surface area contributed by atoms with Gasteiger partial charge < -0.3 is 14.0 Å². The summed E-state index contributed by atoms with van der Waals surface area (Å²) in [5, 5.41) is 6.33. The molecule has 0 bridgehead atoms. The van der Waals surface area contributed by atoms with Gasteiger partial charge in [0.2, 0.25) is 0 Å². The van der Waals surface area contributed by atoms with Crippen molar-refractivity contribution in [3.8, 4) is 23.0 Å². The van der Waals surface area contributed by atoms with Crippen LogP contribution in [0, 0.1) is 13.8 Å². The minimum Gasteiger partial charge on any atom is -0.494 e. The lowest BCUT2D eigenvalue weighted by Gasteiger charge is -2.07. The van der Waals surface area contributed by atoms with Gasteiger partial charge in [0.05, 0.1) is 6.61 Å². The Bertz CT molecular complexity index is 899. The number of aromatic nitrogens is 2. The van der Waals surface area contributed by atoms with E-state index in [9.17, 15) is 4.79 Å². The Labute approximate surface area is 157 Å². The third-order valence-corrected chi connectivity index (χ3v) is 3.65. The van der Waals surface area contributed by atoms with Crippen LogP contribution in [-0.4, -0.2) is 29.3 Å². The van der Waals surface area contributed by atoms with Crippen LogP contribution < -0.4 is 14.8 Å². The van der Waals surface area contributed by atoms with Gasteiger partial charge in [-0.2, -0.15) is 4.98 Å². The van der Waals surface area contributed by atoms with Crippen LogP contribution in [0.1, 0.15) is 18.1 Å². The smallest absolute Gasteiger partial charge is 0.270 e. The van der Waals surface area contributed by atoms with Gasteiger partial charge in [0, 0.05) is 5.56 Å². The monoisotopic (exact) mass is 367 g/mol. The van der Waals surface area contributed by atoms with E-state index in [0.717, 1.165) is 22.4 Å². The second kappa shape index (κ2) is 8.35. The molecule has 140 valence electrons. The number of ether oxygens (including phenoxy) is 2. The number of amides is 1. The first-order valence-electron chi connectivity index (χ1n) is 8.61. The lowest BCUT2D eigenvalue weighted by molar-refractivity contribution is -0.118. The SMILES string of the molecule is CCOc1ccc(-c2nc(NC(=O)COc3cc(C)cc(C)c3)no2)cc1. The largest absolute Gasteiger partial charge is 0.494 e. The van der Waals surface area contributed by atoms with Crippen molar-refractivity contribution >= 4 is 11.9 Å². The van der Waals surface area contributed by atoms with Gasteiger partial charge in [0.15, 0.2) is 6.61 Å². The van der Waals surface area contributed by atoms with E-state index in [-0.39, 0.29) is 18.5 Å².